The molecule has 1 heterocycles. The number of aromatic nitrogens is 2. The van der Waals surface area contributed by atoms with E-state index in [-0.39, 0.29) is 17.1 Å². The smallest absolute Gasteiger partial charge is 0.358 e. The van der Waals surface area contributed by atoms with Gasteiger partial charge in [0.25, 0.3) is 0 Å². The SMILES string of the molecule is [B]c1cnc(C(=O)O)c(N)n1. The van der Waals surface area contributed by atoms with Crippen LogP contribution in [0, 0.1) is 0 Å². The van der Waals surface area contributed by atoms with Crippen LogP contribution in [-0.4, -0.2) is 28.9 Å². The average molecular weight is 149 g/mol. The lowest BCUT2D eigenvalue weighted by atomic mass is 10.1. The van der Waals surface area contributed by atoms with Gasteiger partial charge in [0, 0.05) is 11.8 Å². The lowest BCUT2D eigenvalue weighted by molar-refractivity contribution is 0.0691. The third-order valence-electron chi connectivity index (χ3n) is 1.02. The van der Waals surface area contributed by atoms with Crippen molar-refractivity contribution in [2.45, 2.75) is 0 Å². The number of nitrogens with two attached hydrogens (primary N) is 1. The Labute approximate surface area is 63.7 Å². The summed E-state index contributed by atoms with van der Waals surface area (Å²) >= 11 is 0. The minimum atomic E-state index is -1.21. The summed E-state index contributed by atoms with van der Waals surface area (Å²) in [4.78, 5) is 17.3. The van der Waals surface area contributed by atoms with Gasteiger partial charge in [-0.25, -0.2) is 14.8 Å². The molecular weight excluding hydrogens is 145 g/mol. The molecule has 0 aromatic carbocycles. The lowest BCUT2D eigenvalue weighted by Gasteiger charge is -1.98. The molecule has 1 aromatic rings. The van der Waals surface area contributed by atoms with Crippen LogP contribution in [0.5, 0.6) is 0 Å². The van der Waals surface area contributed by atoms with E-state index in [9.17, 15) is 4.79 Å². The number of nitrogen functional groups attached to an aromatic ring is 1. The minimum absolute atomic E-state index is 0.104. The molecule has 0 fully saturated rings. The second kappa shape index (κ2) is 2.57. The van der Waals surface area contributed by atoms with Crippen LogP contribution in [0.3, 0.4) is 0 Å². The summed E-state index contributed by atoms with van der Waals surface area (Å²) in [7, 11) is 5.18. The van der Waals surface area contributed by atoms with Gasteiger partial charge in [0.2, 0.25) is 0 Å². The molecule has 0 saturated heterocycles. The number of hydrogen-bond donors (Lipinski definition) is 2. The summed E-state index contributed by atoms with van der Waals surface area (Å²) in [6.07, 6.45) is 1.14. The maximum Gasteiger partial charge on any atom is 0.358 e. The highest BCUT2D eigenvalue weighted by Gasteiger charge is 2.09. The molecule has 1 aromatic heterocycles. The molecule has 54 valence electrons. The first-order valence-corrected chi connectivity index (χ1v) is 2.72. The van der Waals surface area contributed by atoms with Gasteiger partial charge in [0.15, 0.2) is 11.5 Å². The molecule has 0 saturated carbocycles. The first-order valence-electron chi connectivity index (χ1n) is 2.72. The molecule has 0 aliphatic rings. The summed E-state index contributed by atoms with van der Waals surface area (Å²) in [6, 6.07) is 0. The minimum Gasteiger partial charge on any atom is -0.476 e. The van der Waals surface area contributed by atoms with Crippen LogP contribution >= 0.6 is 0 Å². The predicted octanol–water partition coefficient (Wildman–Crippen LogP) is -1.45. The highest BCUT2D eigenvalue weighted by Crippen LogP contribution is 1.99. The van der Waals surface area contributed by atoms with Crippen molar-refractivity contribution in [2.24, 2.45) is 0 Å². The second-order valence-electron chi connectivity index (χ2n) is 1.83. The van der Waals surface area contributed by atoms with Crippen LogP contribution < -0.4 is 11.3 Å². The highest BCUT2D eigenvalue weighted by atomic mass is 16.4. The molecule has 0 aliphatic carbocycles. The maximum absolute atomic E-state index is 10.3. The van der Waals surface area contributed by atoms with Gasteiger partial charge in [-0.1, -0.05) is 0 Å². The van der Waals surface area contributed by atoms with Gasteiger partial charge in [-0.05, 0) is 0 Å². The zero-order valence-electron chi connectivity index (χ0n) is 5.48. The van der Waals surface area contributed by atoms with Crippen molar-refractivity contribution in [3.63, 3.8) is 0 Å². The molecule has 0 atom stereocenters. The van der Waals surface area contributed by atoms with Crippen LogP contribution in [0.2, 0.25) is 0 Å². The summed E-state index contributed by atoms with van der Waals surface area (Å²) in [5, 5.41) is 8.43. The van der Waals surface area contributed by atoms with Gasteiger partial charge in [0.1, 0.15) is 7.85 Å². The Kier molecular flexibility index (Phi) is 1.76. The van der Waals surface area contributed by atoms with Crippen molar-refractivity contribution in [1.82, 2.24) is 9.97 Å². The fraction of sp³-hybridized carbons (Fsp3) is 0. The maximum atomic E-state index is 10.3. The molecule has 2 radical (unpaired) electrons. The fourth-order valence-electron chi connectivity index (χ4n) is 0.583. The van der Waals surface area contributed by atoms with E-state index >= 15 is 0 Å². The Morgan fingerprint density at radius 1 is 1.73 bits per heavy atom. The summed E-state index contributed by atoms with van der Waals surface area (Å²) in [5.74, 6) is -1.38. The van der Waals surface area contributed by atoms with Gasteiger partial charge in [-0.3, -0.25) is 0 Å². The van der Waals surface area contributed by atoms with Crippen molar-refractivity contribution in [3.05, 3.63) is 11.9 Å². The van der Waals surface area contributed by atoms with Gasteiger partial charge >= 0.3 is 5.97 Å². The van der Waals surface area contributed by atoms with Crippen molar-refractivity contribution in [1.29, 1.82) is 0 Å². The molecule has 0 aliphatic heterocycles. The van der Waals surface area contributed by atoms with Crippen LogP contribution in [0.1, 0.15) is 10.5 Å². The van der Waals surface area contributed by atoms with E-state index in [1.54, 1.807) is 0 Å². The first kappa shape index (κ1) is 7.52. The monoisotopic (exact) mass is 149 g/mol. The average Bonchev–Trinajstić information content (AvgIpc) is 1.85. The van der Waals surface area contributed by atoms with E-state index < -0.39 is 5.97 Å². The Bertz CT molecular complexity index is 302. The summed E-state index contributed by atoms with van der Waals surface area (Å²) < 4.78 is 0. The number of carboxylic acid groups (broad SMARTS) is 1. The normalized spacial score (nSPS) is 9.45. The number of aromatic carboxylic acids is 1. The Morgan fingerprint density at radius 3 is 2.82 bits per heavy atom. The highest BCUT2D eigenvalue weighted by molar-refractivity contribution is 6.30. The van der Waals surface area contributed by atoms with E-state index in [2.05, 4.69) is 9.97 Å². The molecule has 1 rings (SSSR count). The Morgan fingerprint density at radius 2 is 2.36 bits per heavy atom. The van der Waals surface area contributed by atoms with E-state index in [4.69, 9.17) is 18.7 Å². The molecule has 5 nitrogen and oxygen atoms in total. The standard InChI is InChI=1S/C5H4BN3O2/c6-2-1-8-3(5(10)11)4(7)9-2/h1H,(H2,7,9)(H,10,11). The molecular formula is C5H4BN3O2. The van der Waals surface area contributed by atoms with Gasteiger partial charge in [-0.15, -0.1) is 0 Å². The molecule has 0 spiro atoms. The zero-order chi connectivity index (χ0) is 8.43. The molecule has 0 bridgehead atoms. The fourth-order valence-corrected chi connectivity index (χ4v) is 0.583. The Balaban J connectivity index is 3.20. The summed E-state index contributed by atoms with van der Waals surface area (Å²) in [5.41, 5.74) is 5.01. The third kappa shape index (κ3) is 1.46. The predicted molar refractivity (Wildman–Crippen MR) is 38.8 cm³/mol. The number of rotatable bonds is 1. The molecule has 0 amide bonds. The Hall–Kier alpha value is -1.59. The number of anilines is 1. The number of carbonyl (C=O) groups is 1. The molecule has 0 unspecified atom stereocenters. The largest absolute Gasteiger partial charge is 0.476 e. The number of hydrogen-bond acceptors (Lipinski definition) is 4. The molecule has 3 N–H and O–H groups in total. The first-order chi connectivity index (χ1) is 5.11. The topological polar surface area (TPSA) is 89.1 Å². The van der Waals surface area contributed by atoms with Gasteiger partial charge in [0.05, 0.1) is 0 Å². The molecule has 6 heteroatoms. The van der Waals surface area contributed by atoms with E-state index in [0.717, 1.165) is 6.20 Å². The van der Waals surface area contributed by atoms with E-state index in [1.807, 2.05) is 0 Å². The quantitative estimate of drug-likeness (QED) is 0.476. The molecule has 11 heavy (non-hydrogen) atoms. The van der Waals surface area contributed by atoms with Gasteiger partial charge in [-0.2, -0.15) is 0 Å². The lowest BCUT2D eigenvalue weighted by Crippen LogP contribution is -2.16. The van der Waals surface area contributed by atoms with Crippen LogP contribution in [0.25, 0.3) is 0 Å². The van der Waals surface area contributed by atoms with Crippen LogP contribution in [0.4, 0.5) is 5.82 Å². The summed E-state index contributed by atoms with van der Waals surface area (Å²) in [6.45, 7) is 0. The zero-order valence-corrected chi connectivity index (χ0v) is 5.48. The number of nitrogens with zero attached hydrogens (tertiary/aromatic N) is 2. The van der Waals surface area contributed by atoms with Crippen molar-refractivity contribution in [3.8, 4) is 0 Å². The van der Waals surface area contributed by atoms with Crippen molar-refractivity contribution in [2.75, 3.05) is 5.73 Å². The van der Waals surface area contributed by atoms with E-state index in [1.165, 1.54) is 0 Å². The van der Waals surface area contributed by atoms with Crippen molar-refractivity contribution >= 4 is 25.2 Å². The van der Waals surface area contributed by atoms with Gasteiger partial charge < -0.3 is 10.8 Å². The van der Waals surface area contributed by atoms with Crippen LogP contribution in [0.15, 0.2) is 6.20 Å². The van der Waals surface area contributed by atoms with E-state index in [0.29, 0.717) is 0 Å². The third-order valence-corrected chi connectivity index (χ3v) is 1.02. The van der Waals surface area contributed by atoms with Crippen molar-refractivity contribution < 1.29 is 9.90 Å². The second-order valence-corrected chi connectivity index (χ2v) is 1.83. The number of carboxylic acids is 1. The van der Waals surface area contributed by atoms with Crippen LogP contribution in [-0.2, 0) is 0 Å².